The summed E-state index contributed by atoms with van der Waals surface area (Å²) in [7, 11) is 0. The third-order valence-electron chi connectivity index (χ3n) is 13.9. The topological polar surface area (TPSA) is 24.0 Å². The van der Waals surface area contributed by atoms with E-state index >= 15 is 0 Å². The predicted octanol–water partition coefficient (Wildman–Crippen LogP) is 15.0. The van der Waals surface area contributed by atoms with Crippen LogP contribution >= 0.6 is 0 Å². The number of fused-ring (bicyclic) bond motifs is 10. The van der Waals surface area contributed by atoms with Gasteiger partial charge in [0.2, 0.25) is 5.88 Å². The molecule has 0 N–H and O–H groups in total. The van der Waals surface area contributed by atoms with E-state index in [0.29, 0.717) is 5.92 Å². The van der Waals surface area contributed by atoms with E-state index in [4.69, 9.17) is 4.74 Å². The highest BCUT2D eigenvalue weighted by atomic mass is 16.5. The number of benzene rings is 7. The number of aromatic nitrogens is 3. The maximum atomic E-state index is 6.96. The molecule has 298 valence electrons. The average molecular weight is 800 g/mol. The minimum Gasteiger partial charge on any atom is -0.470 e. The average Bonchev–Trinajstić information content (AvgIpc) is 4.07. The summed E-state index contributed by atoms with van der Waals surface area (Å²) in [6.45, 7) is 0. The first kappa shape index (κ1) is 35.5. The molecular formula is C58H45N3O. The molecule has 62 heavy (non-hydrogen) atoms. The molecule has 2 atom stereocenters. The molecule has 1 saturated carbocycles. The molecule has 3 aliphatic rings. The standard InChI is InChI=1S/C58H45N3O/c1-4-17-38(18-5-1)41-31-32-49-53(36-41)61(58-56(49)50-27-12-15-30-54(50)62-58)45-24-16-23-44(37-45)59-51-28-13-10-25-47(51)55-48-26-11-14-29-52(48)60(57(55)59)46-34-42(39-19-6-2-7-20-39)33-43(35-46)40-21-8-3-9-22-40/h2-3,6-16,19-38,50,54H,1,4-5,17-18H2. The van der Waals surface area contributed by atoms with Crippen LogP contribution in [0.5, 0.6) is 5.88 Å². The molecule has 4 heterocycles. The number of allylic oxidation sites excluding steroid dienone is 2. The number of ether oxygens (including phenoxy) is 1. The first-order chi connectivity index (χ1) is 30.8. The van der Waals surface area contributed by atoms with E-state index in [1.54, 1.807) is 0 Å². The Balaban J connectivity index is 1.08. The van der Waals surface area contributed by atoms with Crippen LogP contribution in [-0.2, 0) is 0 Å². The van der Waals surface area contributed by atoms with E-state index in [0.717, 1.165) is 28.6 Å². The van der Waals surface area contributed by atoms with E-state index in [2.05, 4.69) is 208 Å². The zero-order valence-corrected chi connectivity index (χ0v) is 34.5. The Hall–Kier alpha value is -7.30. The second kappa shape index (κ2) is 14.1. The van der Waals surface area contributed by atoms with E-state index < -0.39 is 0 Å². The molecule has 2 unspecified atom stereocenters. The monoisotopic (exact) mass is 799 g/mol. The van der Waals surface area contributed by atoms with Gasteiger partial charge in [-0.3, -0.25) is 13.7 Å². The summed E-state index contributed by atoms with van der Waals surface area (Å²) >= 11 is 0. The summed E-state index contributed by atoms with van der Waals surface area (Å²) in [5, 5.41) is 5.02. The van der Waals surface area contributed by atoms with Crippen molar-refractivity contribution in [1.29, 1.82) is 0 Å². The Morgan fingerprint density at radius 3 is 1.74 bits per heavy atom. The fourth-order valence-corrected chi connectivity index (χ4v) is 11.1. The summed E-state index contributed by atoms with van der Waals surface area (Å²) in [5.41, 5.74) is 15.6. The Kier molecular flexibility index (Phi) is 8.09. The van der Waals surface area contributed by atoms with Crippen molar-refractivity contribution in [3.05, 3.63) is 205 Å². The summed E-state index contributed by atoms with van der Waals surface area (Å²) in [6, 6.07) is 62.9. The molecule has 0 saturated heterocycles. The SMILES string of the molecule is C1=CC2Oc3c(c4ccc(C5CCCCC5)cc4n3-c3cccc(-n4c5ccccc5c5c6ccccc6n(-c6cc(-c7ccccc7)cc(-c7ccccc7)c6)c54)c3)C2C=C1. The van der Waals surface area contributed by atoms with Crippen LogP contribution in [0.25, 0.3) is 83.1 Å². The van der Waals surface area contributed by atoms with Crippen LogP contribution < -0.4 is 4.74 Å². The second-order valence-corrected chi connectivity index (χ2v) is 17.5. The molecular weight excluding hydrogens is 755 g/mol. The number of nitrogens with zero attached hydrogens (tertiary/aromatic N) is 3. The van der Waals surface area contributed by atoms with Crippen molar-refractivity contribution in [2.45, 2.75) is 50.0 Å². The van der Waals surface area contributed by atoms with Gasteiger partial charge in [0.05, 0.1) is 22.2 Å². The fraction of sp³-hybridized carbons (Fsp3) is 0.138. The quantitative estimate of drug-likeness (QED) is 0.164. The molecule has 0 spiro atoms. The van der Waals surface area contributed by atoms with Crippen LogP contribution in [0.4, 0.5) is 0 Å². The number of rotatable bonds is 6. The lowest BCUT2D eigenvalue weighted by Gasteiger charge is -2.23. The largest absolute Gasteiger partial charge is 0.470 e. The molecule has 4 nitrogen and oxygen atoms in total. The van der Waals surface area contributed by atoms with Gasteiger partial charge in [-0.25, -0.2) is 0 Å². The van der Waals surface area contributed by atoms with Crippen molar-refractivity contribution in [3.63, 3.8) is 0 Å². The van der Waals surface area contributed by atoms with Gasteiger partial charge in [-0.2, -0.15) is 0 Å². The lowest BCUT2D eigenvalue weighted by molar-refractivity contribution is 0.256. The van der Waals surface area contributed by atoms with Crippen molar-refractivity contribution < 1.29 is 4.74 Å². The van der Waals surface area contributed by atoms with Gasteiger partial charge in [-0.1, -0.05) is 153 Å². The summed E-state index contributed by atoms with van der Waals surface area (Å²) in [6.07, 6.45) is 15.3. The van der Waals surface area contributed by atoms with Crippen LogP contribution in [0, 0.1) is 0 Å². The summed E-state index contributed by atoms with van der Waals surface area (Å²) in [4.78, 5) is 0. The molecule has 2 aliphatic carbocycles. The lowest BCUT2D eigenvalue weighted by atomic mass is 9.83. The molecule has 10 aromatic rings. The van der Waals surface area contributed by atoms with Crippen molar-refractivity contribution in [2.24, 2.45) is 0 Å². The molecule has 4 heteroatoms. The van der Waals surface area contributed by atoms with E-state index in [-0.39, 0.29) is 12.0 Å². The minimum atomic E-state index is -0.00185. The van der Waals surface area contributed by atoms with Crippen LogP contribution in [0.1, 0.15) is 55.1 Å². The predicted molar refractivity (Wildman–Crippen MR) is 257 cm³/mol. The van der Waals surface area contributed by atoms with Gasteiger partial charge in [0.25, 0.3) is 0 Å². The highest BCUT2D eigenvalue weighted by Crippen LogP contribution is 2.50. The first-order valence-corrected chi connectivity index (χ1v) is 22.4. The number of hydrogen-bond acceptors (Lipinski definition) is 1. The molecule has 0 radical (unpaired) electrons. The summed E-state index contributed by atoms with van der Waals surface area (Å²) in [5.74, 6) is 1.76. The normalized spacial score (nSPS) is 17.3. The van der Waals surface area contributed by atoms with E-state index in [1.165, 1.54) is 104 Å². The van der Waals surface area contributed by atoms with Crippen LogP contribution in [0.3, 0.4) is 0 Å². The maximum Gasteiger partial charge on any atom is 0.203 e. The van der Waals surface area contributed by atoms with Crippen molar-refractivity contribution >= 4 is 43.7 Å². The second-order valence-electron chi connectivity index (χ2n) is 17.5. The van der Waals surface area contributed by atoms with Gasteiger partial charge in [0.15, 0.2) is 0 Å². The van der Waals surface area contributed by atoms with Crippen molar-refractivity contribution in [1.82, 2.24) is 13.7 Å². The van der Waals surface area contributed by atoms with E-state index in [9.17, 15) is 0 Å². The molecule has 0 bridgehead atoms. The van der Waals surface area contributed by atoms with Gasteiger partial charge < -0.3 is 4.74 Å². The fourth-order valence-electron chi connectivity index (χ4n) is 11.1. The number of hydrogen-bond donors (Lipinski definition) is 0. The van der Waals surface area contributed by atoms with Crippen LogP contribution in [0.2, 0.25) is 0 Å². The Morgan fingerprint density at radius 1 is 0.435 bits per heavy atom. The first-order valence-electron chi connectivity index (χ1n) is 22.4. The zero-order chi connectivity index (χ0) is 40.7. The van der Waals surface area contributed by atoms with Crippen molar-refractivity contribution in [2.75, 3.05) is 0 Å². The van der Waals surface area contributed by atoms with E-state index in [1.807, 2.05) is 0 Å². The van der Waals surface area contributed by atoms with Crippen molar-refractivity contribution in [3.8, 4) is 45.2 Å². The Morgan fingerprint density at radius 2 is 1.05 bits per heavy atom. The molecule has 7 aromatic carbocycles. The highest BCUT2D eigenvalue weighted by molar-refractivity contribution is 6.22. The van der Waals surface area contributed by atoms with Crippen LogP contribution in [0.15, 0.2) is 194 Å². The maximum absolute atomic E-state index is 6.96. The Labute approximate surface area is 361 Å². The van der Waals surface area contributed by atoms with Gasteiger partial charge >= 0.3 is 0 Å². The molecule has 1 fully saturated rings. The Bertz CT molecular complexity index is 3370. The third kappa shape index (κ3) is 5.45. The zero-order valence-electron chi connectivity index (χ0n) is 34.5. The van der Waals surface area contributed by atoms with Gasteiger partial charge in [0.1, 0.15) is 11.8 Å². The smallest absolute Gasteiger partial charge is 0.203 e. The van der Waals surface area contributed by atoms with Gasteiger partial charge in [0, 0.05) is 44.4 Å². The minimum absolute atomic E-state index is 0.00185. The molecule has 3 aromatic heterocycles. The highest BCUT2D eigenvalue weighted by Gasteiger charge is 2.38. The lowest BCUT2D eigenvalue weighted by Crippen LogP contribution is -2.17. The number of para-hydroxylation sites is 2. The molecule has 0 amide bonds. The van der Waals surface area contributed by atoms with Gasteiger partial charge in [-0.15, -0.1) is 0 Å². The van der Waals surface area contributed by atoms with Crippen LogP contribution in [-0.4, -0.2) is 19.8 Å². The third-order valence-corrected chi connectivity index (χ3v) is 13.9. The molecule has 13 rings (SSSR count). The summed E-state index contributed by atoms with van der Waals surface area (Å²) < 4.78 is 14.4. The molecule has 1 aliphatic heterocycles. The van der Waals surface area contributed by atoms with Gasteiger partial charge in [-0.05, 0) is 107 Å².